The van der Waals surface area contributed by atoms with E-state index in [1.807, 2.05) is 33.9 Å². The molecule has 0 aliphatic carbocycles. The van der Waals surface area contributed by atoms with Gasteiger partial charge in [0.1, 0.15) is 0 Å². The maximum Gasteiger partial charge on any atom is 0.0557 e. The number of hydrogen-bond acceptors (Lipinski definition) is 2. The van der Waals surface area contributed by atoms with Gasteiger partial charge in [-0.3, -0.25) is 4.98 Å². The molecule has 1 unspecified atom stereocenters. The summed E-state index contributed by atoms with van der Waals surface area (Å²) in [4.78, 5) is 4.46. The van der Waals surface area contributed by atoms with Crippen LogP contribution in [0, 0.1) is 5.92 Å². The number of pyridine rings is 1. The van der Waals surface area contributed by atoms with Crippen LogP contribution < -0.4 is 0 Å². The molecule has 1 aliphatic heterocycles. The molecule has 2 heteroatoms. The van der Waals surface area contributed by atoms with E-state index < -0.39 is 0 Å². The Labute approximate surface area is 119 Å². The minimum absolute atomic E-state index is 0.533. The third-order valence-corrected chi connectivity index (χ3v) is 3.38. The van der Waals surface area contributed by atoms with Crippen molar-refractivity contribution in [2.45, 2.75) is 60.3 Å². The zero-order valence-corrected chi connectivity index (χ0v) is 13.7. The molecule has 2 heterocycles. The van der Waals surface area contributed by atoms with Crippen molar-refractivity contribution in [2.75, 3.05) is 13.2 Å². The predicted molar refractivity (Wildman–Crippen MR) is 83.7 cm³/mol. The average molecular weight is 265 g/mol. The third kappa shape index (κ3) is 5.32. The molecule has 1 atom stereocenters. The van der Waals surface area contributed by atoms with Crippen LogP contribution in [0.5, 0.6) is 0 Å². The number of nitrogens with zero attached hydrogens (tertiary/aromatic N) is 1. The Morgan fingerprint density at radius 3 is 2.11 bits per heavy atom. The van der Waals surface area contributed by atoms with Crippen molar-refractivity contribution in [1.29, 1.82) is 0 Å². The van der Waals surface area contributed by atoms with E-state index in [4.69, 9.17) is 4.74 Å². The van der Waals surface area contributed by atoms with Crippen LogP contribution >= 0.6 is 0 Å². The van der Waals surface area contributed by atoms with Gasteiger partial charge in [-0.05, 0) is 23.6 Å². The Kier molecular flexibility index (Phi) is 9.50. The number of rotatable bonds is 3. The maximum absolute atomic E-state index is 5.22. The number of ether oxygens (including phenoxy) is 1. The fraction of sp³-hybridized carbons (Fsp3) is 0.706. The molecule has 1 saturated heterocycles. The predicted octanol–water partition coefficient (Wildman–Crippen LogP) is 5.01. The standard InChI is InChI=1S/C13H19NO.2C2H6/c1-9(2)10(3)13-6-11(4-5-14-13)12-7-15-8-12;2*1-2/h4-6,9-10,12H,7-8H2,1-3H3;2*1-2H3. The molecule has 19 heavy (non-hydrogen) atoms. The SMILES string of the molecule is CC.CC.CC(C)C(C)c1cc(C2COC2)ccn1. The molecule has 1 aromatic rings. The number of aromatic nitrogens is 1. The van der Waals surface area contributed by atoms with Gasteiger partial charge < -0.3 is 4.74 Å². The van der Waals surface area contributed by atoms with E-state index in [0.717, 1.165) is 13.2 Å². The monoisotopic (exact) mass is 265 g/mol. The first-order valence-electron chi connectivity index (χ1n) is 7.72. The van der Waals surface area contributed by atoms with E-state index in [1.165, 1.54) is 11.3 Å². The summed E-state index contributed by atoms with van der Waals surface area (Å²) in [6, 6.07) is 4.36. The van der Waals surface area contributed by atoms with Crippen LogP contribution in [-0.4, -0.2) is 18.2 Å². The minimum Gasteiger partial charge on any atom is -0.380 e. The molecule has 2 rings (SSSR count). The summed E-state index contributed by atoms with van der Waals surface area (Å²) in [5.74, 6) is 1.78. The van der Waals surface area contributed by atoms with Crippen molar-refractivity contribution in [3.63, 3.8) is 0 Å². The van der Waals surface area contributed by atoms with Crippen LogP contribution in [0.4, 0.5) is 0 Å². The van der Waals surface area contributed by atoms with Gasteiger partial charge in [0, 0.05) is 23.7 Å². The summed E-state index contributed by atoms with van der Waals surface area (Å²) in [5.41, 5.74) is 2.60. The Balaban J connectivity index is 0.000000741. The van der Waals surface area contributed by atoms with Crippen LogP contribution in [0.2, 0.25) is 0 Å². The summed E-state index contributed by atoms with van der Waals surface area (Å²) in [5, 5.41) is 0. The van der Waals surface area contributed by atoms with E-state index in [0.29, 0.717) is 17.8 Å². The van der Waals surface area contributed by atoms with Gasteiger partial charge in [-0.15, -0.1) is 0 Å². The molecule has 1 fully saturated rings. The van der Waals surface area contributed by atoms with E-state index >= 15 is 0 Å². The van der Waals surface area contributed by atoms with Crippen molar-refractivity contribution in [1.82, 2.24) is 4.98 Å². The molecule has 0 radical (unpaired) electrons. The van der Waals surface area contributed by atoms with Gasteiger partial charge in [-0.2, -0.15) is 0 Å². The Morgan fingerprint density at radius 2 is 1.68 bits per heavy atom. The van der Waals surface area contributed by atoms with Gasteiger partial charge in [0.25, 0.3) is 0 Å². The molecule has 1 aromatic heterocycles. The molecule has 1 aliphatic rings. The quantitative estimate of drug-likeness (QED) is 0.766. The lowest BCUT2D eigenvalue weighted by Crippen LogP contribution is -2.25. The summed E-state index contributed by atoms with van der Waals surface area (Å²) >= 11 is 0. The molecule has 0 spiro atoms. The molecule has 0 bridgehead atoms. The van der Waals surface area contributed by atoms with Crippen LogP contribution in [0.15, 0.2) is 18.3 Å². The fourth-order valence-electron chi connectivity index (χ4n) is 1.74. The van der Waals surface area contributed by atoms with Gasteiger partial charge in [-0.25, -0.2) is 0 Å². The van der Waals surface area contributed by atoms with Crippen molar-refractivity contribution < 1.29 is 4.74 Å². The molecule has 0 saturated carbocycles. The van der Waals surface area contributed by atoms with E-state index in [1.54, 1.807) is 0 Å². The molecule has 110 valence electrons. The molecule has 0 N–H and O–H groups in total. The topological polar surface area (TPSA) is 22.1 Å². The first-order chi connectivity index (χ1) is 9.18. The Morgan fingerprint density at radius 1 is 1.11 bits per heavy atom. The normalized spacial score (nSPS) is 15.6. The first-order valence-corrected chi connectivity index (χ1v) is 7.72. The van der Waals surface area contributed by atoms with Gasteiger partial charge in [-0.1, -0.05) is 48.5 Å². The minimum atomic E-state index is 0.533. The lowest BCUT2D eigenvalue weighted by Gasteiger charge is -2.27. The summed E-state index contributed by atoms with van der Waals surface area (Å²) in [7, 11) is 0. The smallest absolute Gasteiger partial charge is 0.0557 e. The van der Waals surface area contributed by atoms with Crippen LogP contribution in [0.1, 0.15) is 71.6 Å². The van der Waals surface area contributed by atoms with Crippen molar-refractivity contribution in [3.05, 3.63) is 29.6 Å². The lowest BCUT2D eigenvalue weighted by atomic mass is 9.91. The Hall–Kier alpha value is -0.890. The van der Waals surface area contributed by atoms with Crippen molar-refractivity contribution in [2.24, 2.45) is 5.92 Å². The van der Waals surface area contributed by atoms with Gasteiger partial charge >= 0.3 is 0 Å². The number of hydrogen-bond donors (Lipinski definition) is 0. The van der Waals surface area contributed by atoms with Gasteiger partial charge in [0.15, 0.2) is 0 Å². The fourth-order valence-corrected chi connectivity index (χ4v) is 1.74. The van der Waals surface area contributed by atoms with E-state index in [9.17, 15) is 0 Å². The highest BCUT2D eigenvalue weighted by atomic mass is 16.5. The second kappa shape index (κ2) is 9.96. The second-order valence-corrected chi connectivity index (χ2v) is 4.78. The van der Waals surface area contributed by atoms with Crippen LogP contribution in [-0.2, 0) is 4.74 Å². The summed E-state index contributed by atoms with van der Waals surface area (Å²) in [6.45, 7) is 16.5. The van der Waals surface area contributed by atoms with Gasteiger partial charge in [0.05, 0.1) is 13.2 Å². The van der Waals surface area contributed by atoms with Crippen molar-refractivity contribution >= 4 is 0 Å². The zero-order valence-electron chi connectivity index (χ0n) is 13.7. The molecular formula is C17H31NO. The largest absolute Gasteiger partial charge is 0.380 e. The molecule has 2 nitrogen and oxygen atoms in total. The highest BCUT2D eigenvalue weighted by Gasteiger charge is 2.21. The summed E-state index contributed by atoms with van der Waals surface area (Å²) < 4.78 is 5.22. The highest BCUT2D eigenvalue weighted by molar-refractivity contribution is 5.24. The Bertz CT molecular complexity index is 332. The van der Waals surface area contributed by atoms with Crippen LogP contribution in [0.3, 0.4) is 0 Å². The summed E-state index contributed by atoms with van der Waals surface area (Å²) in [6.07, 6.45) is 1.93. The highest BCUT2D eigenvalue weighted by Crippen LogP contribution is 2.27. The van der Waals surface area contributed by atoms with Crippen molar-refractivity contribution in [3.8, 4) is 0 Å². The maximum atomic E-state index is 5.22. The zero-order chi connectivity index (χ0) is 14.8. The molecular weight excluding hydrogens is 234 g/mol. The second-order valence-electron chi connectivity index (χ2n) is 4.78. The third-order valence-electron chi connectivity index (χ3n) is 3.38. The molecule has 0 aromatic carbocycles. The van der Waals surface area contributed by atoms with Crippen LogP contribution in [0.25, 0.3) is 0 Å². The average Bonchev–Trinajstić information content (AvgIpc) is 2.41. The lowest BCUT2D eigenvalue weighted by molar-refractivity contribution is 0.00835. The molecule has 0 amide bonds. The van der Waals surface area contributed by atoms with E-state index in [-0.39, 0.29) is 0 Å². The first kappa shape index (κ1) is 18.1. The van der Waals surface area contributed by atoms with E-state index in [2.05, 4.69) is 37.9 Å². The van der Waals surface area contributed by atoms with Gasteiger partial charge in [0.2, 0.25) is 0 Å².